The molecule has 8 heteroatoms. The van der Waals surface area contributed by atoms with E-state index in [-0.39, 0.29) is 17.2 Å². The molecule has 154 valence electrons. The first-order chi connectivity index (χ1) is 14.5. The number of amides is 1. The third kappa shape index (κ3) is 4.38. The summed E-state index contributed by atoms with van der Waals surface area (Å²) in [4.78, 5) is 37.6. The highest BCUT2D eigenvalue weighted by Gasteiger charge is 2.14. The summed E-state index contributed by atoms with van der Waals surface area (Å²) < 4.78 is 1.68. The normalized spacial score (nSPS) is 11.4. The lowest BCUT2D eigenvalue weighted by Gasteiger charge is -2.14. The Kier molecular flexibility index (Phi) is 5.85. The van der Waals surface area contributed by atoms with Crippen LogP contribution >= 0.6 is 11.8 Å². The number of nitrogens with zero attached hydrogens (tertiary/aromatic N) is 3. The smallest absolute Gasteiger partial charge is 0.262 e. The topological polar surface area (TPSA) is 92.7 Å². The molecule has 0 saturated carbocycles. The summed E-state index contributed by atoms with van der Waals surface area (Å²) in [5.41, 5.74) is 2.23. The summed E-state index contributed by atoms with van der Waals surface area (Å²) in [6.07, 6.45) is 0.860. The number of fused-ring (bicyclic) bond motifs is 2. The van der Waals surface area contributed by atoms with E-state index in [1.54, 1.807) is 10.6 Å². The zero-order chi connectivity index (χ0) is 21.1. The molecule has 0 aliphatic carbocycles. The molecule has 0 aliphatic heterocycles. The SMILES string of the molecule is CC(C)CCn1c(SCC(=O)Nc2nc3ccccc3[nH]2)nc2ccccc2c1=O. The maximum atomic E-state index is 13.0. The molecule has 0 bridgehead atoms. The maximum absolute atomic E-state index is 13.0. The molecule has 1 amide bonds. The van der Waals surface area contributed by atoms with Crippen LogP contribution in [0.5, 0.6) is 0 Å². The Labute approximate surface area is 177 Å². The van der Waals surface area contributed by atoms with Crippen LogP contribution in [0, 0.1) is 5.92 Å². The number of para-hydroxylation sites is 3. The van der Waals surface area contributed by atoms with Crippen LogP contribution in [0.2, 0.25) is 0 Å². The number of hydrogen-bond donors (Lipinski definition) is 2. The van der Waals surface area contributed by atoms with Crippen molar-refractivity contribution in [3.63, 3.8) is 0 Å². The molecule has 0 unspecified atom stereocenters. The van der Waals surface area contributed by atoms with Gasteiger partial charge in [-0.05, 0) is 36.6 Å². The Hall–Kier alpha value is -3.13. The van der Waals surface area contributed by atoms with Crippen LogP contribution in [0.3, 0.4) is 0 Å². The lowest BCUT2D eigenvalue weighted by molar-refractivity contribution is -0.113. The van der Waals surface area contributed by atoms with Crippen LogP contribution in [0.1, 0.15) is 20.3 Å². The number of aromatic amines is 1. The van der Waals surface area contributed by atoms with Gasteiger partial charge in [-0.1, -0.05) is 49.9 Å². The zero-order valence-corrected chi connectivity index (χ0v) is 17.7. The monoisotopic (exact) mass is 421 g/mol. The molecule has 4 rings (SSSR count). The fourth-order valence-corrected chi connectivity index (χ4v) is 3.98. The first-order valence-corrected chi connectivity index (χ1v) is 10.9. The van der Waals surface area contributed by atoms with Crippen LogP contribution in [-0.4, -0.2) is 31.2 Å². The second-order valence-electron chi connectivity index (χ2n) is 7.49. The van der Waals surface area contributed by atoms with Gasteiger partial charge in [-0.25, -0.2) is 9.97 Å². The van der Waals surface area contributed by atoms with Gasteiger partial charge in [-0.3, -0.25) is 19.5 Å². The van der Waals surface area contributed by atoms with Gasteiger partial charge in [0.1, 0.15) is 0 Å². The number of H-pyrrole nitrogens is 1. The average Bonchev–Trinajstić information content (AvgIpc) is 3.13. The van der Waals surface area contributed by atoms with Gasteiger partial charge in [0.05, 0.1) is 27.7 Å². The van der Waals surface area contributed by atoms with E-state index in [1.165, 1.54) is 11.8 Å². The number of thioether (sulfide) groups is 1. The van der Waals surface area contributed by atoms with E-state index >= 15 is 0 Å². The van der Waals surface area contributed by atoms with Crippen molar-refractivity contribution in [3.05, 3.63) is 58.9 Å². The highest BCUT2D eigenvalue weighted by Crippen LogP contribution is 2.20. The van der Waals surface area contributed by atoms with E-state index in [0.717, 1.165) is 17.5 Å². The van der Waals surface area contributed by atoms with Crippen LogP contribution in [0.15, 0.2) is 58.5 Å². The molecule has 0 radical (unpaired) electrons. The largest absolute Gasteiger partial charge is 0.324 e. The Morgan fingerprint density at radius 2 is 1.83 bits per heavy atom. The van der Waals surface area contributed by atoms with Crippen LogP contribution in [-0.2, 0) is 11.3 Å². The van der Waals surface area contributed by atoms with Crippen molar-refractivity contribution in [1.29, 1.82) is 0 Å². The lowest BCUT2D eigenvalue weighted by Crippen LogP contribution is -2.25. The molecular weight excluding hydrogens is 398 g/mol. The summed E-state index contributed by atoms with van der Waals surface area (Å²) in [6, 6.07) is 14.9. The number of hydrogen-bond acceptors (Lipinski definition) is 5. The van der Waals surface area contributed by atoms with E-state index in [0.29, 0.717) is 34.5 Å². The van der Waals surface area contributed by atoms with Gasteiger partial charge in [0.2, 0.25) is 11.9 Å². The number of carbonyl (C=O) groups excluding carboxylic acids is 1. The van der Waals surface area contributed by atoms with Gasteiger partial charge in [-0.15, -0.1) is 0 Å². The number of anilines is 1. The molecule has 0 saturated heterocycles. The van der Waals surface area contributed by atoms with E-state index in [9.17, 15) is 9.59 Å². The molecule has 0 aliphatic rings. The number of imidazole rings is 1. The first-order valence-electron chi connectivity index (χ1n) is 9.88. The summed E-state index contributed by atoms with van der Waals surface area (Å²) in [6.45, 7) is 4.81. The molecule has 2 heterocycles. The third-order valence-corrected chi connectivity index (χ3v) is 5.71. The van der Waals surface area contributed by atoms with Crippen LogP contribution in [0.4, 0.5) is 5.95 Å². The second-order valence-corrected chi connectivity index (χ2v) is 8.43. The van der Waals surface area contributed by atoms with E-state index < -0.39 is 0 Å². The second kappa shape index (κ2) is 8.71. The summed E-state index contributed by atoms with van der Waals surface area (Å²) in [7, 11) is 0. The fraction of sp³-hybridized carbons (Fsp3) is 0.273. The molecule has 2 N–H and O–H groups in total. The fourth-order valence-electron chi connectivity index (χ4n) is 3.15. The zero-order valence-electron chi connectivity index (χ0n) is 16.9. The van der Waals surface area contributed by atoms with Gasteiger partial charge in [0.25, 0.3) is 5.56 Å². The number of rotatable bonds is 7. The van der Waals surface area contributed by atoms with Crippen molar-refractivity contribution < 1.29 is 4.79 Å². The van der Waals surface area contributed by atoms with E-state index in [1.807, 2.05) is 42.5 Å². The Bertz CT molecular complexity index is 1230. The van der Waals surface area contributed by atoms with Crippen molar-refractivity contribution in [1.82, 2.24) is 19.5 Å². The highest BCUT2D eigenvalue weighted by molar-refractivity contribution is 7.99. The van der Waals surface area contributed by atoms with Gasteiger partial charge >= 0.3 is 0 Å². The molecule has 0 fully saturated rings. The van der Waals surface area contributed by atoms with Crippen molar-refractivity contribution in [3.8, 4) is 0 Å². The third-order valence-electron chi connectivity index (χ3n) is 4.74. The van der Waals surface area contributed by atoms with Gasteiger partial charge in [0.15, 0.2) is 5.16 Å². The lowest BCUT2D eigenvalue weighted by atomic mass is 10.1. The average molecular weight is 422 g/mol. The predicted molar refractivity (Wildman–Crippen MR) is 121 cm³/mol. The number of aromatic nitrogens is 4. The standard InChI is InChI=1S/C22H23N5O2S/c1-14(2)11-12-27-20(29)15-7-3-4-8-16(15)25-22(27)30-13-19(28)26-21-23-17-9-5-6-10-18(17)24-21/h3-10,14H,11-13H2,1-2H3,(H2,23,24,26,28). The number of nitrogens with one attached hydrogen (secondary N) is 2. The summed E-state index contributed by atoms with van der Waals surface area (Å²) in [5, 5.41) is 3.93. The van der Waals surface area contributed by atoms with Crippen molar-refractivity contribution in [2.24, 2.45) is 5.92 Å². The predicted octanol–water partition coefficient (Wildman–Crippen LogP) is 4.05. The van der Waals surface area contributed by atoms with Crippen molar-refractivity contribution >= 4 is 45.6 Å². The van der Waals surface area contributed by atoms with Crippen LogP contribution < -0.4 is 10.9 Å². The molecule has 0 spiro atoms. The molecule has 7 nitrogen and oxygen atoms in total. The Balaban J connectivity index is 1.53. The molecule has 4 aromatic rings. The van der Waals surface area contributed by atoms with Gasteiger partial charge in [0, 0.05) is 6.54 Å². The number of benzene rings is 2. The quantitative estimate of drug-likeness (QED) is 0.347. The first kappa shape index (κ1) is 20.2. The van der Waals surface area contributed by atoms with E-state index in [4.69, 9.17) is 0 Å². The summed E-state index contributed by atoms with van der Waals surface area (Å²) in [5.74, 6) is 0.781. The van der Waals surface area contributed by atoms with Gasteiger partial charge in [-0.2, -0.15) is 0 Å². The minimum atomic E-state index is -0.211. The maximum Gasteiger partial charge on any atom is 0.262 e. The number of carbonyl (C=O) groups is 1. The molecule has 2 aromatic carbocycles. The van der Waals surface area contributed by atoms with Crippen LogP contribution in [0.25, 0.3) is 21.9 Å². The van der Waals surface area contributed by atoms with E-state index in [2.05, 4.69) is 34.1 Å². The minimum Gasteiger partial charge on any atom is -0.324 e. The summed E-state index contributed by atoms with van der Waals surface area (Å²) >= 11 is 1.26. The minimum absolute atomic E-state index is 0.0681. The van der Waals surface area contributed by atoms with Crippen molar-refractivity contribution in [2.75, 3.05) is 11.1 Å². The molecular formula is C22H23N5O2S. The Morgan fingerprint density at radius 3 is 2.60 bits per heavy atom. The molecule has 0 atom stereocenters. The Morgan fingerprint density at radius 1 is 1.10 bits per heavy atom. The highest BCUT2D eigenvalue weighted by atomic mass is 32.2. The molecule has 2 aromatic heterocycles. The van der Waals surface area contributed by atoms with Crippen molar-refractivity contribution in [2.45, 2.75) is 32.0 Å². The van der Waals surface area contributed by atoms with Gasteiger partial charge < -0.3 is 4.98 Å². The molecule has 30 heavy (non-hydrogen) atoms.